The molecule has 9 heteroatoms. The number of nitrogens with zero attached hydrogens (tertiary/aromatic N) is 2. The lowest BCUT2D eigenvalue weighted by Crippen LogP contribution is -2.37. The highest BCUT2D eigenvalue weighted by atomic mass is 19.1. The van der Waals surface area contributed by atoms with Crippen LogP contribution in [0.4, 0.5) is 4.39 Å². The van der Waals surface area contributed by atoms with Gasteiger partial charge in [-0.05, 0) is 37.1 Å². The summed E-state index contributed by atoms with van der Waals surface area (Å²) < 4.78 is 41.8. The van der Waals surface area contributed by atoms with Gasteiger partial charge in [-0.3, -0.25) is 4.79 Å². The highest BCUT2D eigenvalue weighted by Gasteiger charge is 2.26. The van der Waals surface area contributed by atoms with Gasteiger partial charge in [0.15, 0.2) is 17.3 Å². The zero-order valence-electron chi connectivity index (χ0n) is 19.4. The van der Waals surface area contributed by atoms with Crippen molar-refractivity contribution in [3.05, 3.63) is 59.5 Å². The Balaban J connectivity index is 1.60. The molecule has 2 heterocycles. The summed E-state index contributed by atoms with van der Waals surface area (Å²) in [5.41, 5.74) is 1.19. The van der Waals surface area contributed by atoms with E-state index in [1.807, 2.05) is 0 Å². The van der Waals surface area contributed by atoms with Crippen molar-refractivity contribution in [1.82, 2.24) is 10.1 Å². The van der Waals surface area contributed by atoms with Crippen molar-refractivity contribution in [3.8, 4) is 28.6 Å². The van der Waals surface area contributed by atoms with Crippen LogP contribution in [0.1, 0.15) is 28.9 Å². The molecule has 1 aromatic heterocycles. The van der Waals surface area contributed by atoms with Gasteiger partial charge in [0.2, 0.25) is 5.75 Å². The van der Waals surface area contributed by atoms with Crippen molar-refractivity contribution in [3.63, 3.8) is 0 Å². The number of hydrogen-bond acceptors (Lipinski definition) is 7. The molecule has 3 aromatic rings. The lowest BCUT2D eigenvalue weighted by Gasteiger charge is -2.24. The molecular formula is C25H27FN2O6. The molecule has 1 amide bonds. The smallest absolute Gasteiger partial charge is 0.257 e. The maximum atomic E-state index is 14.3. The molecule has 0 aliphatic carbocycles. The Morgan fingerprint density at radius 3 is 2.47 bits per heavy atom. The highest BCUT2D eigenvalue weighted by Crippen LogP contribution is 2.41. The van der Waals surface area contributed by atoms with Gasteiger partial charge in [0, 0.05) is 24.8 Å². The van der Waals surface area contributed by atoms with Crippen molar-refractivity contribution in [2.24, 2.45) is 0 Å². The van der Waals surface area contributed by atoms with E-state index < -0.39 is 11.7 Å². The van der Waals surface area contributed by atoms with Crippen LogP contribution in [-0.4, -0.2) is 56.5 Å². The van der Waals surface area contributed by atoms with Crippen LogP contribution >= 0.6 is 0 Å². The molecule has 0 radical (unpaired) electrons. The van der Waals surface area contributed by atoms with Gasteiger partial charge in [-0.25, -0.2) is 4.39 Å². The first-order chi connectivity index (χ1) is 16.5. The third-order valence-electron chi connectivity index (χ3n) is 5.70. The quantitative estimate of drug-likeness (QED) is 0.460. The third-order valence-corrected chi connectivity index (χ3v) is 5.70. The summed E-state index contributed by atoms with van der Waals surface area (Å²) in [7, 11) is 4.59. The molecule has 1 aliphatic rings. The molecule has 0 unspecified atom stereocenters. The Bertz CT molecular complexity index is 1120. The number of halogens is 1. The number of carbonyl (C=O) groups is 1. The topological polar surface area (TPSA) is 83.3 Å². The van der Waals surface area contributed by atoms with Crippen LogP contribution in [0, 0.1) is 5.82 Å². The van der Waals surface area contributed by atoms with Crippen LogP contribution in [0.2, 0.25) is 0 Å². The van der Waals surface area contributed by atoms with Crippen LogP contribution in [-0.2, 0) is 11.3 Å². The van der Waals surface area contributed by atoms with Crippen LogP contribution in [0.3, 0.4) is 0 Å². The Morgan fingerprint density at radius 2 is 1.85 bits per heavy atom. The van der Waals surface area contributed by atoms with E-state index >= 15 is 0 Å². The molecule has 4 rings (SSSR count). The summed E-state index contributed by atoms with van der Waals surface area (Å²) in [6, 6.07) is 11.2. The van der Waals surface area contributed by atoms with E-state index in [-0.39, 0.29) is 18.2 Å². The van der Waals surface area contributed by atoms with Crippen molar-refractivity contribution < 1.29 is 32.7 Å². The molecule has 1 fully saturated rings. The predicted molar refractivity (Wildman–Crippen MR) is 122 cm³/mol. The summed E-state index contributed by atoms with van der Waals surface area (Å²) in [5, 5.41) is 4.14. The lowest BCUT2D eigenvalue weighted by molar-refractivity contribution is 0.0499. The molecule has 2 aromatic carbocycles. The third kappa shape index (κ3) is 4.99. The first kappa shape index (κ1) is 23.6. The van der Waals surface area contributed by atoms with Gasteiger partial charge in [-0.15, -0.1) is 0 Å². The van der Waals surface area contributed by atoms with E-state index in [9.17, 15) is 9.18 Å². The fourth-order valence-corrected chi connectivity index (χ4v) is 4.00. The fourth-order valence-electron chi connectivity index (χ4n) is 4.00. The zero-order valence-corrected chi connectivity index (χ0v) is 19.4. The number of benzene rings is 2. The minimum Gasteiger partial charge on any atom is -0.493 e. The molecule has 1 atom stereocenters. The summed E-state index contributed by atoms with van der Waals surface area (Å²) in [6.07, 6.45) is 1.68. The van der Waals surface area contributed by atoms with Gasteiger partial charge in [0.05, 0.1) is 39.5 Å². The summed E-state index contributed by atoms with van der Waals surface area (Å²) >= 11 is 0. The molecule has 0 N–H and O–H groups in total. The number of methoxy groups -OCH3 is 3. The van der Waals surface area contributed by atoms with Crippen LogP contribution in [0.5, 0.6) is 17.2 Å². The molecule has 0 bridgehead atoms. The van der Waals surface area contributed by atoms with Gasteiger partial charge in [0.25, 0.3) is 5.91 Å². The van der Waals surface area contributed by atoms with Crippen molar-refractivity contribution in [1.29, 1.82) is 0 Å². The standard InChI is InChI=1S/C25H27FN2O6/c1-30-22-11-16(12-23(31-2)24(22)32-3)21-13-17(27-34-21)14-28(15-18-7-6-10-33-18)25(29)19-8-4-5-9-20(19)26/h4-5,8-9,11-13,18H,6-7,10,14-15H2,1-3H3/t18-/m0/s1. The summed E-state index contributed by atoms with van der Waals surface area (Å²) in [4.78, 5) is 14.7. The van der Waals surface area contributed by atoms with E-state index in [2.05, 4.69) is 5.16 Å². The minimum absolute atomic E-state index is 0.00819. The van der Waals surface area contributed by atoms with E-state index in [4.69, 9.17) is 23.5 Å². The Hall–Kier alpha value is -3.59. The van der Waals surface area contributed by atoms with Crippen molar-refractivity contribution >= 4 is 5.91 Å². The van der Waals surface area contributed by atoms with Crippen molar-refractivity contribution in [2.45, 2.75) is 25.5 Å². The van der Waals surface area contributed by atoms with Crippen LogP contribution in [0.25, 0.3) is 11.3 Å². The van der Waals surface area contributed by atoms with E-state index in [1.165, 1.54) is 33.5 Å². The first-order valence-electron chi connectivity index (χ1n) is 11.0. The summed E-state index contributed by atoms with van der Waals surface area (Å²) in [6.45, 7) is 1.13. The predicted octanol–water partition coefficient (Wildman–Crippen LogP) is 4.33. The Morgan fingerprint density at radius 1 is 1.12 bits per heavy atom. The van der Waals surface area contributed by atoms with Crippen molar-refractivity contribution in [2.75, 3.05) is 34.5 Å². The number of carbonyl (C=O) groups excluding carboxylic acids is 1. The fraction of sp³-hybridized carbons (Fsp3) is 0.360. The largest absolute Gasteiger partial charge is 0.493 e. The number of hydrogen-bond donors (Lipinski definition) is 0. The average molecular weight is 470 g/mol. The zero-order chi connectivity index (χ0) is 24.1. The van der Waals surface area contributed by atoms with Crippen LogP contribution in [0.15, 0.2) is 47.0 Å². The lowest BCUT2D eigenvalue weighted by atomic mass is 10.1. The summed E-state index contributed by atoms with van der Waals surface area (Å²) in [5.74, 6) is 0.888. The number of ether oxygens (including phenoxy) is 4. The van der Waals surface area contributed by atoms with Crippen LogP contribution < -0.4 is 14.2 Å². The molecule has 1 saturated heterocycles. The average Bonchev–Trinajstić information content (AvgIpc) is 3.55. The molecule has 180 valence electrons. The normalized spacial score (nSPS) is 15.2. The van der Waals surface area contributed by atoms with Gasteiger partial charge in [-0.1, -0.05) is 17.3 Å². The maximum Gasteiger partial charge on any atom is 0.257 e. The van der Waals surface area contributed by atoms with Gasteiger partial charge >= 0.3 is 0 Å². The SMILES string of the molecule is COc1cc(-c2cc(CN(C[C@@H]3CCCO3)C(=O)c3ccccc3F)no2)cc(OC)c1OC. The minimum atomic E-state index is -0.567. The van der Waals surface area contributed by atoms with E-state index in [0.717, 1.165) is 12.8 Å². The monoisotopic (exact) mass is 470 g/mol. The van der Waals surface area contributed by atoms with Gasteiger partial charge in [-0.2, -0.15) is 0 Å². The van der Waals surface area contributed by atoms with E-state index in [1.54, 1.807) is 35.2 Å². The second kappa shape index (κ2) is 10.6. The molecule has 8 nitrogen and oxygen atoms in total. The second-order valence-electron chi connectivity index (χ2n) is 7.90. The Labute approximate surface area is 197 Å². The number of rotatable bonds is 9. The van der Waals surface area contributed by atoms with Gasteiger partial charge < -0.3 is 28.4 Å². The molecular weight excluding hydrogens is 443 g/mol. The molecule has 0 saturated carbocycles. The Kier molecular flexibility index (Phi) is 7.32. The molecule has 34 heavy (non-hydrogen) atoms. The number of amides is 1. The number of aromatic nitrogens is 1. The molecule has 0 spiro atoms. The molecule has 1 aliphatic heterocycles. The van der Waals surface area contributed by atoms with E-state index in [0.29, 0.717) is 47.4 Å². The van der Waals surface area contributed by atoms with Gasteiger partial charge in [0.1, 0.15) is 11.5 Å². The maximum absolute atomic E-state index is 14.3. The second-order valence-corrected chi connectivity index (χ2v) is 7.90. The first-order valence-corrected chi connectivity index (χ1v) is 11.0. The highest BCUT2D eigenvalue weighted by molar-refractivity contribution is 5.94.